The minimum Gasteiger partial charge on any atom is -0.508 e. The third kappa shape index (κ3) is 1.43. The predicted molar refractivity (Wildman–Crippen MR) is 58.8 cm³/mol. The number of hydrogen-bond donors (Lipinski definition) is 1. The SMILES string of the molecule is CN1CCN2Cc3cc(O)ccc3C2C1. The van der Waals surface area contributed by atoms with Crippen LogP contribution in [0.15, 0.2) is 18.2 Å². The van der Waals surface area contributed by atoms with Gasteiger partial charge in [0.25, 0.3) is 0 Å². The standard InChI is InChI=1S/C12H16N2O/c1-13-4-5-14-7-9-6-10(15)2-3-11(9)12(14)8-13/h2-3,6,12,15H,4-5,7-8H2,1H3. The van der Waals surface area contributed by atoms with Crippen LogP contribution < -0.4 is 0 Å². The van der Waals surface area contributed by atoms with Gasteiger partial charge in [0.05, 0.1) is 0 Å². The Balaban J connectivity index is 1.97. The molecule has 0 radical (unpaired) electrons. The van der Waals surface area contributed by atoms with Crippen LogP contribution in [-0.4, -0.2) is 41.6 Å². The first-order valence-electron chi connectivity index (χ1n) is 5.48. The van der Waals surface area contributed by atoms with E-state index in [1.165, 1.54) is 11.1 Å². The highest BCUT2D eigenvalue weighted by molar-refractivity contribution is 5.40. The van der Waals surface area contributed by atoms with E-state index in [0.717, 1.165) is 26.2 Å². The van der Waals surface area contributed by atoms with E-state index in [1.807, 2.05) is 6.07 Å². The van der Waals surface area contributed by atoms with E-state index in [2.05, 4.69) is 22.9 Å². The number of aromatic hydroxyl groups is 1. The normalized spacial score (nSPS) is 26.3. The lowest BCUT2D eigenvalue weighted by Gasteiger charge is -2.35. The van der Waals surface area contributed by atoms with Crippen molar-refractivity contribution in [1.82, 2.24) is 9.80 Å². The first kappa shape index (κ1) is 9.19. The van der Waals surface area contributed by atoms with Crippen LogP contribution >= 0.6 is 0 Å². The molecule has 1 aromatic rings. The van der Waals surface area contributed by atoms with Crippen molar-refractivity contribution < 1.29 is 5.11 Å². The second kappa shape index (κ2) is 3.22. The highest BCUT2D eigenvalue weighted by atomic mass is 16.3. The van der Waals surface area contributed by atoms with Crippen LogP contribution in [0.1, 0.15) is 17.2 Å². The minimum atomic E-state index is 0.391. The first-order valence-corrected chi connectivity index (χ1v) is 5.48. The molecule has 0 amide bonds. The molecule has 1 unspecified atom stereocenters. The Morgan fingerprint density at radius 3 is 3.07 bits per heavy atom. The van der Waals surface area contributed by atoms with Crippen LogP contribution in [0.5, 0.6) is 5.75 Å². The Labute approximate surface area is 89.9 Å². The summed E-state index contributed by atoms with van der Waals surface area (Å²) in [5.41, 5.74) is 2.70. The third-order valence-corrected chi connectivity index (χ3v) is 3.55. The highest BCUT2D eigenvalue weighted by Gasteiger charge is 2.33. The molecule has 1 fully saturated rings. The second-order valence-electron chi connectivity index (χ2n) is 4.63. The van der Waals surface area contributed by atoms with Crippen molar-refractivity contribution in [2.45, 2.75) is 12.6 Å². The maximum atomic E-state index is 9.45. The summed E-state index contributed by atoms with van der Waals surface area (Å²) in [5, 5.41) is 9.45. The van der Waals surface area contributed by atoms with Crippen LogP contribution in [0.3, 0.4) is 0 Å². The average Bonchev–Trinajstić information content (AvgIpc) is 2.54. The number of benzene rings is 1. The summed E-state index contributed by atoms with van der Waals surface area (Å²) in [6, 6.07) is 6.33. The maximum absolute atomic E-state index is 9.45. The lowest BCUT2D eigenvalue weighted by molar-refractivity contribution is 0.101. The molecule has 3 heteroatoms. The van der Waals surface area contributed by atoms with Gasteiger partial charge in [-0.3, -0.25) is 4.90 Å². The van der Waals surface area contributed by atoms with E-state index in [-0.39, 0.29) is 0 Å². The first-order chi connectivity index (χ1) is 7.24. The molecule has 0 aliphatic carbocycles. The third-order valence-electron chi connectivity index (χ3n) is 3.55. The molecule has 1 saturated heterocycles. The molecule has 1 atom stereocenters. The Kier molecular flexibility index (Phi) is 1.97. The summed E-state index contributed by atoms with van der Waals surface area (Å²) in [6.45, 7) is 4.40. The Morgan fingerprint density at radius 1 is 1.33 bits per heavy atom. The van der Waals surface area contributed by atoms with E-state index in [1.54, 1.807) is 6.07 Å². The van der Waals surface area contributed by atoms with Crippen molar-refractivity contribution >= 4 is 0 Å². The van der Waals surface area contributed by atoms with Crippen molar-refractivity contribution in [2.24, 2.45) is 0 Å². The molecule has 3 rings (SSSR count). The number of piperazine rings is 1. The zero-order chi connectivity index (χ0) is 10.4. The van der Waals surface area contributed by atoms with Crippen LogP contribution in [0, 0.1) is 0 Å². The van der Waals surface area contributed by atoms with Gasteiger partial charge in [-0.1, -0.05) is 6.07 Å². The largest absolute Gasteiger partial charge is 0.508 e. The number of likely N-dealkylation sites (N-methyl/N-ethyl adjacent to an activating group) is 1. The summed E-state index contributed by atoms with van der Waals surface area (Å²) in [6.07, 6.45) is 0. The molecule has 1 aromatic carbocycles. The van der Waals surface area contributed by atoms with Gasteiger partial charge in [-0.05, 0) is 30.3 Å². The zero-order valence-electron chi connectivity index (χ0n) is 8.98. The molecule has 2 aliphatic rings. The second-order valence-corrected chi connectivity index (χ2v) is 4.63. The predicted octanol–water partition coefficient (Wildman–Crippen LogP) is 1.19. The lowest BCUT2D eigenvalue weighted by Crippen LogP contribution is -2.43. The molecule has 0 saturated carbocycles. The molecule has 0 bridgehead atoms. The van der Waals surface area contributed by atoms with Gasteiger partial charge in [0, 0.05) is 32.2 Å². The van der Waals surface area contributed by atoms with Gasteiger partial charge in [-0.2, -0.15) is 0 Å². The topological polar surface area (TPSA) is 26.7 Å². The fourth-order valence-electron chi connectivity index (χ4n) is 2.71. The summed E-state index contributed by atoms with van der Waals surface area (Å²) in [5.74, 6) is 0.391. The number of rotatable bonds is 0. The van der Waals surface area contributed by atoms with Gasteiger partial charge >= 0.3 is 0 Å². The molecule has 2 heterocycles. The lowest BCUT2D eigenvalue weighted by atomic mass is 10.0. The quantitative estimate of drug-likeness (QED) is 0.687. The van der Waals surface area contributed by atoms with E-state index >= 15 is 0 Å². The van der Waals surface area contributed by atoms with E-state index in [0.29, 0.717) is 11.8 Å². The Morgan fingerprint density at radius 2 is 2.20 bits per heavy atom. The van der Waals surface area contributed by atoms with E-state index in [4.69, 9.17) is 0 Å². The molecule has 80 valence electrons. The molecule has 15 heavy (non-hydrogen) atoms. The summed E-state index contributed by atoms with van der Waals surface area (Å²) >= 11 is 0. The van der Waals surface area contributed by atoms with Crippen LogP contribution in [0.25, 0.3) is 0 Å². The summed E-state index contributed by atoms with van der Waals surface area (Å²) in [4.78, 5) is 4.88. The van der Waals surface area contributed by atoms with Crippen molar-refractivity contribution in [3.63, 3.8) is 0 Å². The number of hydrogen-bond acceptors (Lipinski definition) is 3. The molecule has 3 nitrogen and oxygen atoms in total. The molecule has 1 N–H and O–H groups in total. The van der Waals surface area contributed by atoms with Gasteiger partial charge in [0.2, 0.25) is 0 Å². The van der Waals surface area contributed by atoms with Crippen LogP contribution in [-0.2, 0) is 6.54 Å². The van der Waals surface area contributed by atoms with Crippen LogP contribution in [0.2, 0.25) is 0 Å². The molecule has 0 spiro atoms. The molecule has 0 aromatic heterocycles. The fourth-order valence-corrected chi connectivity index (χ4v) is 2.71. The number of phenols is 1. The monoisotopic (exact) mass is 204 g/mol. The van der Waals surface area contributed by atoms with Crippen molar-refractivity contribution in [3.05, 3.63) is 29.3 Å². The molecule has 2 aliphatic heterocycles. The van der Waals surface area contributed by atoms with E-state index in [9.17, 15) is 5.11 Å². The van der Waals surface area contributed by atoms with Gasteiger partial charge in [-0.25, -0.2) is 0 Å². The highest BCUT2D eigenvalue weighted by Crippen LogP contribution is 2.37. The minimum absolute atomic E-state index is 0.391. The Bertz CT molecular complexity index is 391. The fraction of sp³-hybridized carbons (Fsp3) is 0.500. The number of fused-ring (bicyclic) bond motifs is 3. The Hall–Kier alpha value is -1.06. The number of phenolic OH excluding ortho intramolecular Hbond substituents is 1. The van der Waals surface area contributed by atoms with Gasteiger partial charge < -0.3 is 10.0 Å². The molecular weight excluding hydrogens is 188 g/mol. The zero-order valence-corrected chi connectivity index (χ0v) is 8.98. The smallest absolute Gasteiger partial charge is 0.115 e. The van der Waals surface area contributed by atoms with Gasteiger partial charge in [-0.15, -0.1) is 0 Å². The van der Waals surface area contributed by atoms with Crippen LogP contribution in [0.4, 0.5) is 0 Å². The van der Waals surface area contributed by atoms with Gasteiger partial charge in [0.1, 0.15) is 5.75 Å². The van der Waals surface area contributed by atoms with E-state index < -0.39 is 0 Å². The van der Waals surface area contributed by atoms with Crippen molar-refractivity contribution in [2.75, 3.05) is 26.7 Å². The molecular formula is C12H16N2O. The average molecular weight is 204 g/mol. The van der Waals surface area contributed by atoms with Crippen molar-refractivity contribution in [1.29, 1.82) is 0 Å². The number of nitrogens with zero attached hydrogens (tertiary/aromatic N) is 2. The maximum Gasteiger partial charge on any atom is 0.115 e. The summed E-state index contributed by atoms with van der Waals surface area (Å²) < 4.78 is 0. The van der Waals surface area contributed by atoms with Gasteiger partial charge in [0.15, 0.2) is 0 Å². The van der Waals surface area contributed by atoms with Crippen molar-refractivity contribution in [3.8, 4) is 5.75 Å². The summed E-state index contributed by atoms with van der Waals surface area (Å²) in [7, 11) is 2.18.